The van der Waals surface area contributed by atoms with Gasteiger partial charge in [0.05, 0.1) is 6.54 Å². The molecule has 0 aliphatic carbocycles. The first kappa shape index (κ1) is 15.4. The van der Waals surface area contributed by atoms with E-state index >= 15 is 0 Å². The first-order valence-corrected chi connectivity index (χ1v) is 6.63. The first-order chi connectivity index (χ1) is 8.81. The molecule has 1 aromatic carbocycles. The SMILES string of the molecule is Cc1cc(N(C)CC(=O)NC(C)C)ccc1C(N)=S. The van der Waals surface area contributed by atoms with Crippen molar-refractivity contribution in [1.29, 1.82) is 0 Å². The van der Waals surface area contributed by atoms with Crippen LogP contribution in [0.2, 0.25) is 0 Å². The van der Waals surface area contributed by atoms with Crippen LogP contribution in [0.25, 0.3) is 0 Å². The number of aryl methyl sites for hydroxylation is 1. The smallest absolute Gasteiger partial charge is 0.239 e. The van der Waals surface area contributed by atoms with Crippen molar-refractivity contribution in [2.45, 2.75) is 26.8 Å². The lowest BCUT2D eigenvalue weighted by Crippen LogP contribution is -2.38. The third kappa shape index (κ3) is 4.52. The molecule has 0 saturated carbocycles. The molecule has 0 aliphatic heterocycles. The topological polar surface area (TPSA) is 58.4 Å². The summed E-state index contributed by atoms with van der Waals surface area (Å²) in [4.78, 5) is 14.0. The van der Waals surface area contributed by atoms with Crippen molar-refractivity contribution in [2.75, 3.05) is 18.5 Å². The van der Waals surface area contributed by atoms with E-state index < -0.39 is 0 Å². The van der Waals surface area contributed by atoms with Crippen molar-refractivity contribution in [3.05, 3.63) is 29.3 Å². The molecule has 0 radical (unpaired) electrons. The molecule has 1 aromatic rings. The number of nitrogens with one attached hydrogen (secondary N) is 1. The molecule has 104 valence electrons. The van der Waals surface area contributed by atoms with Crippen LogP contribution < -0.4 is 16.0 Å². The molecule has 0 aliphatic rings. The van der Waals surface area contributed by atoms with E-state index in [9.17, 15) is 4.79 Å². The molecule has 4 nitrogen and oxygen atoms in total. The Morgan fingerprint density at radius 2 is 2.11 bits per heavy atom. The van der Waals surface area contributed by atoms with Gasteiger partial charge in [0.25, 0.3) is 0 Å². The molecule has 0 atom stereocenters. The summed E-state index contributed by atoms with van der Waals surface area (Å²) in [6.07, 6.45) is 0. The summed E-state index contributed by atoms with van der Waals surface area (Å²) in [6, 6.07) is 5.95. The van der Waals surface area contributed by atoms with E-state index in [4.69, 9.17) is 18.0 Å². The van der Waals surface area contributed by atoms with Crippen LogP contribution in [0.1, 0.15) is 25.0 Å². The van der Waals surface area contributed by atoms with Crippen molar-refractivity contribution in [3.8, 4) is 0 Å². The highest BCUT2D eigenvalue weighted by atomic mass is 32.1. The van der Waals surface area contributed by atoms with Gasteiger partial charge in [-0.25, -0.2) is 0 Å². The van der Waals surface area contributed by atoms with Crippen LogP contribution in [0.15, 0.2) is 18.2 Å². The van der Waals surface area contributed by atoms with Gasteiger partial charge in [-0.3, -0.25) is 4.79 Å². The van der Waals surface area contributed by atoms with Gasteiger partial charge in [0, 0.05) is 24.3 Å². The molecule has 0 bridgehead atoms. The van der Waals surface area contributed by atoms with E-state index in [2.05, 4.69) is 5.32 Å². The number of nitrogens with two attached hydrogens (primary N) is 1. The molecular formula is C14H21N3OS. The van der Waals surface area contributed by atoms with Crippen LogP contribution in [0.3, 0.4) is 0 Å². The predicted octanol–water partition coefficient (Wildman–Crippen LogP) is 1.59. The number of amides is 1. The van der Waals surface area contributed by atoms with Gasteiger partial charge < -0.3 is 16.0 Å². The number of rotatable bonds is 5. The van der Waals surface area contributed by atoms with E-state index in [0.29, 0.717) is 11.5 Å². The van der Waals surface area contributed by atoms with E-state index in [1.54, 1.807) is 0 Å². The summed E-state index contributed by atoms with van der Waals surface area (Å²) in [7, 11) is 1.88. The van der Waals surface area contributed by atoms with Gasteiger partial charge in [0.1, 0.15) is 4.99 Å². The zero-order valence-corrected chi connectivity index (χ0v) is 12.7. The number of nitrogens with zero attached hydrogens (tertiary/aromatic N) is 1. The Kier molecular flexibility index (Phi) is 5.30. The third-order valence-electron chi connectivity index (χ3n) is 2.75. The first-order valence-electron chi connectivity index (χ1n) is 6.22. The molecule has 3 N–H and O–H groups in total. The molecule has 0 saturated heterocycles. The molecule has 5 heteroatoms. The zero-order valence-electron chi connectivity index (χ0n) is 11.9. The fourth-order valence-corrected chi connectivity index (χ4v) is 2.07. The molecule has 0 heterocycles. The fourth-order valence-electron chi connectivity index (χ4n) is 1.84. The number of thiocarbonyl (C=S) groups is 1. The molecule has 0 spiro atoms. The average molecular weight is 279 g/mol. The highest BCUT2D eigenvalue weighted by Crippen LogP contribution is 2.18. The van der Waals surface area contributed by atoms with Crippen LogP contribution in [-0.2, 0) is 4.79 Å². The molecule has 1 amide bonds. The van der Waals surface area contributed by atoms with Gasteiger partial charge in [-0.2, -0.15) is 0 Å². The van der Waals surface area contributed by atoms with Gasteiger partial charge in [0.15, 0.2) is 0 Å². The summed E-state index contributed by atoms with van der Waals surface area (Å²) in [6.45, 7) is 6.17. The zero-order chi connectivity index (χ0) is 14.6. The third-order valence-corrected chi connectivity index (χ3v) is 2.97. The summed E-state index contributed by atoms with van der Waals surface area (Å²) < 4.78 is 0. The number of hydrogen-bond acceptors (Lipinski definition) is 3. The van der Waals surface area contributed by atoms with Gasteiger partial charge in [-0.1, -0.05) is 12.2 Å². The van der Waals surface area contributed by atoms with Crippen molar-refractivity contribution in [3.63, 3.8) is 0 Å². The number of carbonyl (C=O) groups is 1. The molecule has 0 unspecified atom stereocenters. The summed E-state index contributed by atoms with van der Waals surface area (Å²) >= 11 is 4.98. The van der Waals surface area contributed by atoms with E-state index in [1.807, 2.05) is 50.9 Å². The number of anilines is 1. The minimum Gasteiger partial charge on any atom is -0.389 e. The Bertz CT molecular complexity index is 486. The normalized spacial score (nSPS) is 10.4. The number of likely N-dealkylation sites (N-methyl/N-ethyl adjacent to an activating group) is 1. The maximum Gasteiger partial charge on any atom is 0.239 e. The Morgan fingerprint density at radius 3 is 2.58 bits per heavy atom. The quantitative estimate of drug-likeness (QED) is 0.804. The van der Waals surface area contributed by atoms with Crippen LogP contribution in [0, 0.1) is 6.92 Å². The molecule has 1 rings (SSSR count). The summed E-state index contributed by atoms with van der Waals surface area (Å²) in [5.41, 5.74) is 8.49. The highest BCUT2D eigenvalue weighted by molar-refractivity contribution is 7.80. The Hall–Kier alpha value is -1.62. The summed E-state index contributed by atoms with van der Waals surface area (Å²) in [5, 5.41) is 2.87. The lowest BCUT2D eigenvalue weighted by atomic mass is 10.1. The van der Waals surface area contributed by atoms with Crippen molar-refractivity contribution >= 4 is 28.8 Å². The van der Waals surface area contributed by atoms with Gasteiger partial charge >= 0.3 is 0 Å². The van der Waals surface area contributed by atoms with Crippen LogP contribution >= 0.6 is 12.2 Å². The Balaban J connectivity index is 2.78. The largest absolute Gasteiger partial charge is 0.389 e. The van der Waals surface area contributed by atoms with Gasteiger partial charge in [-0.15, -0.1) is 0 Å². The standard InChI is InChI=1S/C14H21N3OS/c1-9(2)16-13(18)8-17(4)11-5-6-12(14(15)19)10(3)7-11/h5-7,9H,8H2,1-4H3,(H2,15,19)(H,16,18). The maximum absolute atomic E-state index is 11.7. The Morgan fingerprint density at radius 1 is 1.47 bits per heavy atom. The lowest BCUT2D eigenvalue weighted by Gasteiger charge is -2.20. The number of benzene rings is 1. The van der Waals surface area contributed by atoms with Crippen LogP contribution in [0.5, 0.6) is 0 Å². The second-order valence-electron chi connectivity index (χ2n) is 4.94. The van der Waals surface area contributed by atoms with Crippen molar-refractivity contribution in [2.24, 2.45) is 5.73 Å². The second kappa shape index (κ2) is 6.52. The number of hydrogen-bond donors (Lipinski definition) is 2. The van der Waals surface area contributed by atoms with Crippen molar-refractivity contribution < 1.29 is 4.79 Å². The van der Waals surface area contributed by atoms with Crippen molar-refractivity contribution in [1.82, 2.24) is 5.32 Å². The van der Waals surface area contributed by atoms with E-state index in [-0.39, 0.29) is 11.9 Å². The van der Waals surface area contributed by atoms with Crippen LogP contribution in [0.4, 0.5) is 5.69 Å². The van der Waals surface area contributed by atoms with E-state index in [0.717, 1.165) is 16.8 Å². The molecule has 0 aromatic heterocycles. The summed E-state index contributed by atoms with van der Waals surface area (Å²) in [5.74, 6) is 0.00794. The van der Waals surface area contributed by atoms with E-state index in [1.165, 1.54) is 0 Å². The van der Waals surface area contributed by atoms with Crippen LogP contribution in [-0.4, -0.2) is 30.5 Å². The predicted molar refractivity (Wildman–Crippen MR) is 83.6 cm³/mol. The molecular weight excluding hydrogens is 258 g/mol. The molecule has 19 heavy (non-hydrogen) atoms. The average Bonchev–Trinajstić information content (AvgIpc) is 2.26. The maximum atomic E-state index is 11.7. The number of carbonyl (C=O) groups excluding carboxylic acids is 1. The lowest BCUT2D eigenvalue weighted by molar-refractivity contribution is -0.120. The van der Waals surface area contributed by atoms with Gasteiger partial charge in [0.2, 0.25) is 5.91 Å². The minimum atomic E-state index is 0.00794. The Labute approximate surface area is 120 Å². The van der Waals surface area contributed by atoms with Gasteiger partial charge in [-0.05, 0) is 44.5 Å². The fraction of sp³-hybridized carbons (Fsp3) is 0.429. The molecule has 0 fully saturated rings. The highest BCUT2D eigenvalue weighted by Gasteiger charge is 2.10. The minimum absolute atomic E-state index is 0.00794. The monoisotopic (exact) mass is 279 g/mol. The second-order valence-corrected chi connectivity index (χ2v) is 5.38.